The molecular weight excluding hydrogens is 429 g/mol. The molecule has 3 rings (SSSR count). The lowest BCUT2D eigenvalue weighted by molar-refractivity contribution is -0.126. The van der Waals surface area contributed by atoms with Crippen LogP contribution in [0.3, 0.4) is 0 Å². The van der Waals surface area contributed by atoms with Crippen molar-refractivity contribution in [3.8, 4) is 23.3 Å². The molecule has 9 heteroatoms. The highest BCUT2D eigenvalue weighted by Crippen LogP contribution is 2.39. The second-order valence-electron chi connectivity index (χ2n) is 7.63. The summed E-state index contributed by atoms with van der Waals surface area (Å²) in [4.78, 5) is 27.3. The Bertz CT molecular complexity index is 1030. The van der Waals surface area contributed by atoms with Crippen LogP contribution >= 0.6 is 0 Å². The normalized spacial score (nSPS) is 16.3. The minimum absolute atomic E-state index is 0.218. The van der Waals surface area contributed by atoms with Crippen molar-refractivity contribution >= 4 is 11.8 Å². The third-order valence-electron chi connectivity index (χ3n) is 5.61. The molecule has 1 saturated heterocycles. The fourth-order valence-corrected chi connectivity index (χ4v) is 3.87. The minimum atomic E-state index is -0.950. The number of hydrogen-bond donors (Lipinski definition) is 1. The number of likely N-dealkylation sites (tertiary alicyclic amines) is 1. The van der Waals surface area contributed by atoms with Crippen molar-refractivity contribution in [2.75, 3.05) is 34.4 Å². The highest BCUT2D eigenvalue weighted by molar-refractivity contribution is 5.94. The van der Waals surface area contributed by atoms with Crippen LogP contribution in [0.15, 0.2) is 36.4 Å². The van der Waals surface area contributed by atoms with Crippen LogP contribution in [0.4, 0.5) is 4.39 Å². The molecule has 1 N–H and O–H groups in total. The average molecular weight is 455 g/mol. The number of nitrogens with zero attached hydrogens (tertiary/aromatic N) is 2. The number of amides is 2. The zero-order chi connectivity index (χ0) is 24.0. The van der Waals surface area contributed by atoms with E-state index in [1.165, 1.54) is 45.6 Å². The second-order valence-corrected chi connectivity index (χ2v) is 7.63. The summed E-state index contributed by atoms with van der Waals surface area (Å²) in [5, 5.41) is 12.5. The van der Waals surface area contributed by atoms with E-state index < -0.39 is 17.8 Å². The summed E-state index contributed by atoms with van der Waals surface area (Å²) in [7, 11) is 4.41. The Morgan fingerprint density at radius 1 is 1.12 bits per heavy atom. The fraction of sp³-hybridized carbons (Fsp3) is 0.375. The van der Waals surface area contributed by atoms with Crippen LogP contribution in [-0.4, -0.2) is 51.1 Å². The SMILES string of the molecule is COc1cc(C(C#N)NC(=O)C2CCCN(C(=O)c3ccc(F)cc3)C2)cc(OC)c1OC. The smallest absolute Gasteiger partial charge is 0.253 e. The van der Waals surface area contributed by atoms with E-state index in [-0.39, 0.29) is 18.4 Å². The van der Waals surface area contributed by atoms with Crippen LogP contribution in [0.5, 0.6) is 17.2 Å². The Hall–Kier alpha value is -3.80. The largest absolute Gasteiger partial charge is 0.493 e. The molecule has 0 aromatic heterocycles. The second kappa shape index (κ2) is 10.7. The molecule has 0 aliphatic carbocycles. The predicted molar refractivity (Wildman–Crippen MR) is 118 cm³/mol. The van der Waals surface area contributed by atoms with Crippen LogP contribution in [0.1, 0.15) is 34.8 Å². The maximum Gasteiger partial charge on any atom is 0.253 e. The lowest BCUT2D eigenvalue weighted by Crippen LogP contribution is -2.46. The molecule has 0 saturated carbocycles. The Balaban J connectivity index is 1.73. The Morgan fingerprint density at radius 3 is 2.30 bits per heavy atom. The number of carbonyl (C=O) groups excluding carboxylic acids is 2. The number of halogens is 1. The van der Waals surface area contributed by atoms with Gasteiger partial charge in [0, 0.05) is 18.7 Å². The number of benzene rings is 2. The van der Waals surface area contributed by atoms with Crippen molar-refractivity contribution < 1.29 is 28.2 Å². The summed E-state index contributed by atoms with van der Waals surface area (Å²) in [5.41, 5.74) is 0.847. The number of methoxy groups -OCH3 is 3. The maximum absolute atomic E-state index is 13.2. The van der Waals surface area contributed by atoms with Gasteiger partial charge in [0.25, 0.3) is 5.91 Å². The third kappa shape index (κ3) is 5.34. The molecule has 8 nitrogen and oxygen atoms in total. The van der Waals surface area contributed by atoms with Crippen molar-refractivity contribution in [1.82, 2.24) is 10.2 Å². The molecule has 0 spiro atoms. The lowest BCUT2D eigenvalue weighted by Gasteiger charge is -2.32. The number of rotatable bonds is 7. The van der Waals surface area contributed by atoms with Crippen molar-refractivity contribution in [3.63, 3.8) is 0 Å². The molecular formula is C24H26FN3O5. The van der Waals surface area contributed by atoms with Gasteiger partial charge in [0.15, 0.2) is 11.5 Å². The van der Waals surface area contributed by atoms with Gasteiger partial charge in [-0.1, -0.05) is 0 Å². The van der Waals surface area contributed by atoms with Gasteiger partial charge in [-0.15, -0.1) is 0 Å². The number of piperidine rings is 1. The van der Waals surface area contributed by atoms with Gasteiger partial charge < -0.3 is 24.4 Å². The van der Waals surface area contributed by atoms with Gasteiger partial charge in [-0.3, -0.25) is 9.59 Å². The van der Waals surface area contributed by atoms with E-state index in [2.05, 4.69) is 11.4 Å². The number of nitriles is 1. The first kappa shape index (κ1) is 23.9. The quantitative estimate of drug-likeness (QED) is 0.689. The summed E-state index contributed by atoms with van der Waals surface area (Å²) in [6.45, 7) is 0.726. The standard InChI is InChI=1S/C24H26FN3O5/c1-31-20-11-17(12-21(32-2)22(20)33-3)19(13-26)27-23(29)16-5-4-10-28(14-16)24(30)15-6-8-18(25)9-7-15/h6-9,11-12,16,19H,4-5,10,14H2,1-3H3,(H,27,29). The van der Waals surface area contributed by atoms with Crippen molar-refractivity contribution in [2.24, 2.45) is 5.92 Å². The highest BCUT2D eigenvalue weighted by Gasteiger charge is 2.31. The third-order valence-corrected chi connectivity index (χ3v) is 5.61. The molecule has 1 aliphatic heterocycles. The molecule has 33 heavy (non-hydrogen) atoms. The Kier molecular flexibility index (Phi) is 7.72. The molecule has 1 fully saturated rings. The minimum Gasteiger partial charge on any atom is -0.493 e. The maximum atomic E-state index is 13.2. The molecule has 174 valence electrons. The van der Waals surface area contributed by atoms with Gasteiger partial charge in [-0.25, -0.2) is 4.39 Å². The van der Waals surface area contributed by atoms with Crippen LogP contribution in [0, 0.1) is 23.1 Å². The summed E-state index contributed by atoms with van der Waals surface area (Å²) in [5.74, 6) is -0.349. The van der Waals surface area contributed by atoms with Crippen LogP contribution in [0.25, 0.3) is 0 Å². The van der Waals surface area contributed by atoms with E-state index >= 15 is 0 Å². The summed E-state index contributed by atoms with van der Waals surface area (Å²) < 4.78 is 29.1. The highest BCUT2D eigenvalue weighted by atomic mass is 19.1. The summed E-state index contributed by atoms with van der Waals surface area (Å²) in [6, 6.07) is 9.69. The van der Waals surface area contributed by atoms with Crippen molar-refractivity contribution in [3.05, 3.63) is 53.3 Å². The number of nitrogens with one attached hydrogen (secondary N) is 1. The molecule has 2 amide bonds. The van der Waals surface area contributed by atoms with E-state index in [0.717, 1.165) is 0 Å². The molecule has 1 heterocycles. The van der Waals surface area contributed by atoms with Gasteiger partial charge >= 0.3 is 0 Å². The van der Waals surface area contributed by atoms with E-state index in [4.69, 9.17) is 14.2 Å². The molecule has 2 aromatic carbocycles. The Labute approximate surface area is 191 Å². The fourth-order valence-electron chi connectivity index (χ4n) is 3.87. The monoisotopic (exact) mass is 455 g/mol. The number of carbonyl (C=O) groups is 2. The molecule has 2 atom stereocenters. The predicted octanol–water partition coefficient (Wildman–Crippen LogP) is 3.08. The van der Waals surface area contributed by atoms with Gasteiger partial charge in [-0.05, 0) is 54.8 Å². The van der Waals surface area contributed by atoms with E-state index in [1.807, 2.05) is 0 Å². The molecule has 0 bridgehead atoms. The van der Waals surface area contributed by atoms with Gasteiger partial charge in [-0.2, -0.15) is 5.26 Å². The summed E-state index contributed by atoms with van der Waals surface area (Å²) in [6.07, 6.45) is 1.23. The first-order valence-electron chi connectivity index (χ1n) is 10.5. The Morgan fingerprint density at radius 2 is 1.76 bits per heavy atom. The van der Waals surface area contributed by atoms with Crippen LogP contribution in [-0.2, 0) is 4.79 Å². The van der Waals surface area contributed by atoms with Gasteiger partial charge in [0.1, 0.15) is 11.9 Å². The van der Waals surface area contributed by atoms with Gasteiger partial charge in [0.2, 0.25) is 11.7 Å². The molecule has 2 unspecified atom stereocenters. The first-order chi connectivity index (χ1) is 15.9. The zero-order valence-corrected chi connectivity index (χ0v) is 18.8. The van der Waals surface area contributed by atoms with Gasteiger partial charge in [0.05, 0.1) is 33.3 Å². The topological polar surface area (TPSA) is 101 Å². The van der Waals surface area contributed by atoms with E-state index in [0.29, 0.717) is 47.8 Å². The molecule has 1 aliphatic rings. The molecule has 2 aromatic rings. The van der Waals surface area contributed by atoms with Crippen LogP contribution in [0.2, 0.25) is 0 Å². The molecule has 0 radical (unpaired) electrons. The van der Waals surface area contributed by atoms with Crippen molar-refractivity contribution in [2.45, 2.75) is 18.9 Å². The number of hydrogen-bond acceptors (Lipinski definition) is 6. The van der Waals surface area contributed by atoms with E-state index in [1.54, 1.807) is 17.0 Å². The van der Waals surface area contributed by atoms with E-state index in [9.17, 15) is 19.2 Å². The summed E-state index contributed by atoms with van der Waals surface area (Å²) >= 11 is 0. The van der Waals surface area contributed by atoms with Crippen molar-refractivity contribution in [1.29, 1.82) is 5.26 Å². The zero-order valence-electron chi connectivity index (χ0n) is 18.8. The first-order valence-corrected chi connectivity index (χ1v) is 10.5. The lowest BCUT2D eigenvalue weighted by atomic mass is 9.95. The number of ether oxygens (including phenoxy) is 3. The van der Waals surface area contributed by atoms with Crippen LogP contribution < -0.4 is 19.5 Å². The average Bonchev–Trinajstić information content (AvgIpc) is 2.86.